The summed E-state index contributed by atoms with van der Waals surface area (Å²) in [5.74, 6) is 0.366. The van der Waals surface area contributed by atoms with Crippen LogP contribution in [0.15, 0.2) is 4.52 Å². The van der Waals surface area contributed by atoms with E-state index in [1.165, 1.54) is 0 Å². The lowest BCUT2D eigenvalue weighted by Crippen LogP contribution is -2.06. The first-order valence-corrected chi connectivity index (χ1v) is 5.11. The molecule has 0 aromatic carbocycles. The number of carboxylic acids is 1. The third-order valence-electron chi connectivity index (χ3n) is 2.76. The molecule has 1 saturated carbocycles. The van der Waals surface area contributed by atoms with E-state index in [2.05, 4.69) is 24.0 Å². The Kier molecular flexibility index (Phi) is 2.67. The van der Waals surface area contributed by atoms with Gasteiger partial charge in [0.1, 0.15) is 13.2 Å². The first-order chi connectivity index (χ1) is 7.49. The Labute approximate surface area is 92.6 Å². The predicted molar refractivity (Wildman–Crippen MR) is 52.7 cm³/mol. The van der Waals surface area contributed by atoms with Gasteiger partial charge in [0.25, 0.3) is 5.89 Å². The summed E-state index contributed by atoms with van der Waals surface area (Å²) < 4.78 is 9.81. The summed E-state index contributed by atoms with van der Waals surface area (Å²) in [6.45, 7) is 3.99. The Morgan fingerprint density at radius 3 is 2.94 bits per heavy atom. The smallest absolute Gasteiger partial charge is 0.329 e. The van der Waals surface area contributed by atoms with Crippen molar-refractivity contribution in [1.82, 2.24) is 10.1 Å². The van der Waals surface area contributed by atoms with Crippen LogP contribution in [0.25, 0.3) is 0 Å². The van der Waals surface area contributed by atoms with Crippen LogP contribution in [-0.2, 0) is 16.1 Å². The average molecular weight is 226 g/mol. The van der Waals surface area contributed by atoms with Crippen molar-refractivity contribution >= 4 is 5.97 Å². The second-order valence-corrected chi connectivity index (χ2v) is 4.68. The average Bonchev–Trinajstić information content (AvgIpc) is 2.60. The van der Waals surface area contributed by atoms with E-state index in [1.807, 2.05) is 0 Å². The van der Waals surface area contributed by atoms with E-state index in [4.69, 9.17) is 14.4 Å². The minimum atomic E-state index is -1.01. The van der Waals surface area contributed by atoms with Gasteiger partial charge >= 0.3 is 5.97 Å². The van der Waals surface area contributed by atoms with E-state index in [9.17, 15) is 4.79 Å². The number of rotatable bonds is 5. The van der Waals surface area contributed by atoms with Crippen LogP contribution < -0.4 is 0 Å². The van der Waals surface area contributed by atoms with E-state index < -0.39 is 5.97 Å². The standard InChI is InChI=1S/C10H14N2O4/c1-10(2)3-6(10)9-11-7(16-12-9)4-15-5-8(13)14/h6H,3-5H2,1-2H3,(H,13,14). The maximum Gasteiger partial charge on any atom is 0.329 e. The molecule has 1 aliphatic carbocycles. The van der Waals surface area contributed by atoms with Crippen molar-refractivity contribution in [1.29, 1.82) is 0 Å². The molecule has 88 valence electrons. The molecule has 0 aliphatic heterocycles. The highest BCUT2D eigenvalue weighted by Crippen LogP contribution is 2.57. The minimum absolute atomic E-state index is 0.0481. The second kappa shape index (κ2) is 3.86. The fourth-order valence-corrected chi connectivity index (χ4v) is 1.60. The number of nitrogens with zero attached hydrogens (tertiary/aromatic N) is 2. The van der Waals surface area contributed by atoms with Crippen LogP contribution >= 0.6 is 0 Å². The van der Waals surface area contributed by atoms with Gasteiger partial charge in [-0.05, 0) is 11.8 Å². The molecule has 0 amide bonds. The van der Waals surface area contributed by atoms with Crippen LogP contribution in [0.2, 0.25) is 0 Å². The lowest BCUT2D eigenvalue weighted by Gasteiger charge is -1.96. The third-order valence-corrected chi connectivity index (χ3v) is 2.76. The third kappa shape index (κ3) is 2.38. The number of hydrogen-bond donors (Lipinski definition) is 1. The Morgan fingerprint density at radius 1 is 1.69 bits per heavy atom. The van der Waals surface area contributed by atoms with Crippen molar-refractivity contribution in [3.8, 4) is 0 Å². The van der Waals surface area contributed by atoms with E-state index in [0.29, 0.717) is 17.6 Å². The number of carbonyl (C=O) groups is 1. The molecule has 1 unspecified atom stereocenters. The van der Waals surface area contributed by atoms with Gasteiger partial charge < -0.3 is 14.4 Å². The first kappa shape index (κ1) is 11.1. The number of ether oxygens (including phenoxy) is 1. The molecule has 1 atom stereocenters. The largest absolute Gasteiger partial charge is 0.480 e. The molecule has 16 heavy (non-hydrogen) atoms. The minimum Gasteiger partial charge on any atom is -0.480 e. The maximum atomic E-state index is 10.2. The normalized spacial score (nSPS) is 22.0. The van der Waals surface area contributed by atoms with Gasteiger partial charge in [-0.2, -0.15) is 4.98 Å². The molecular formula is C10H14N2O4. The van der Waals surface area contributed by atoms with Crippen molar-refractivity contribution in [2.45, 2.75) is 32.8 Å². The number of aliphatic carboxylic acids is 1. The van der Waals surface area contributed by atoms with Gasteiger partial charge in [-0.25, -0.2) is 4.79 Å². The summed E-state index contributed by atoms with van der Waals surface area (Å²) in [4.78, 5) is 14.4. The van der Waals surface area contributed by atoms with E-state index >= 15 is 0 Å². The highest BCUT2D eigenvalue weighted by molar-refractivity contribution is 5.67. The molecule has 6 nitrogen and oxygen atoms in total. The van der Waals surface area contributed by atoms with Gasteiger partial charge in [0.15, 0.2) is 5.82 Å². The molecule has 0 saturated heterocycles. The monoisotopic (exact) mass is 226 g/mol. The molecule has 1 aromatic heterocycles. The lowest BCUT2D eigenvalue weighted by molar-refractivity contribution is -0.142. The van der Waals surface area contributed by atoms with Gasteiger partial charge in [-0.15, -0.1) is 0 Å². The zero-order valence-corrected chi connectivity index (χ0v) is 9.27. The van der Waals surface area contributed by atoms with Crippen molar-refractivity contribution in [2.24, 2.45) is 5.41 Å². The van der Waals surface area contributed by atoms with Crippen LogP contribution in [0, 0.1) is 5.41 Å². The van der Waals surface area contributed by atoms with E-state index in [1.54, 1.807) is 0 Å². The van der Waals surface area contributed by atoms with Crippen LogP contribution in [0.3, 0.4) is 0 Å². The summed E-state index contributed by atoms with van der Waals surface area (Å²) in [6, 6.07) is 0. The summed E-state index contributed by atoms with van der Waals surface area (Å²) in [5, 5.41) is 12.2. The molecule has 6 heteroatoms. The van der Waals surface area contributed by atoms with Crippen molar-refractivity contribution in [3.05, 3.63) is 11.7 Å². The molecule has 1 heterocycles. The molecule has 2 rings (SSSR count). The SMILES string of the molecule is CC1(C)CC1c1noc(COCC(=O)O)n1. The number of hydrogen-bond acceptors (Lipinski definition) is 5. The lowest BCUT2D eigenvalue weighted by atomic mass is 10.1. The molecule has 1 aromatic rings. The maximum absolute atomic E-state index is 10.2. The Hall–Kier alpha value is -1.43. The second-order valence-electron chi connectivity index (χ2n) is 4.68. The van der Waals surface area contributed by atoms with Crippen LogP contribution in [0.4, 0.5) is 0 Å². The Bertz CT molecular complexity index is 399. The van der Waals surface area contributed by atoms with Gasteiger partial charge in [-0.1, -0.05) is 19.0 Å². The predicted octanol–water partition coefficient (Wildman–Crippen LogP) is 1.18. The zero-order chi connectivity index (χ0) is 11.8. The molecule has 0 radical (unpaired) electrons. The van der Waals surface area contributed by atoms with Crippen molar-refractivity contribution in [3.63, 3.8) is 0 Å². The van der Waals surface area contributed by atoms with Gasteiger partial charge in [0.2, 0.25) is 0 Å². The Balaban J connectivity index is 1.86. The fourth-order valence-electron chi connectivity index (χ4n) is 1.60. The Morgan fingerprint density at radius 2 is 2.38 bits per heavy atom. The molecular weight excluding hydrogens is 212 g/mol. The summed E-state index contributed by atoms with van der Waals surface area (Å²) >= 11 is 0. The highest BCUT2D eigenvalue weighted by atomic mass is 16.5. The summed E-state index contributed by atoms with van der Waals surface area (Å²) in [6.07, 6.45) is 1.06. The molecule has 1 aliphatic rings. The van der Waals surface area contributed by atoms with Gasteiger partial charge in [0, 0.05) is 5.92 Å². The molecule has 1 fully saturated rings. The van der Waals surface area contributed by atoms with Crippen LogP contribution in [0.1, 0.15) is 37.9 Å². The summed E-state index contributed by atoms with van der Waals surface area (Å²) in [7, 11) is 0. The number of carboxylic acid groups (broad SMARTS) is 1. The summed E-state index contributed by atoms with van der Waals surface area (Å²) in [5.41, 5.74) is 0.253. The van der Waals surface area contributed by atoms with Crippen molar-refractivity contribution < 1.29 is 19.2 Å². The topological polar surface area (TPSA) is 85.5 Å². The van der Waals surface area contributed by atoms with Crippen LogP contribution in [0.5, 0.6) is 0 Å². The van der Waals surface area contributed by atoms with Gasteiger partial charge in [0.05, 0.1) is 0 Å². The van der Waals surface area contributed by atoms with Gasteiger partial charge in [-0.3, -0.25) is 0 Å². The molecule has 0 spiro atoms. The fraction of sp³-hybridized carbons (Fsp3) is 0.700. The van der Waals surface area contributed by atoms with Crippen LogP contribution in [-0.4, -0.2) is 27.8 Å². The van der Waals surface area contributed by atoms with E-state index in [0.717, 1.165) is 6.42 Å². The zero-order valence-electron chi connectivity index (χ0n) is 9.27. The highest BCUT2D eigenvalue weighted by Gasteiger charge is 2.49. The molecule has 1 N–H and O–H groups in total. The quantitative estimate of drug-likeness (QED) is 0.811. The molecule has 0 bridgehead atoms. The van der Waals surface area contributed by atoms with E-state index in [-0.39, 0.29) is 18.6 Å². The van der Waals surface area contributed by atoms with Crippen molar-refractivity contribution in [2.75, 3.05) is 6.61 Å². The number of aromatic nitrogens is 2. The first-order valence-electron chi connectivity index (χ1n) is 5.11.